The third kappa shape index (κ3) is 4.96. The van der Waals surface area contributed by atoms with E-state index in [1.807, 2.05) is 0 Å². The first-order chi connectivity index (χ1) is 16.0. The van der Waals surface area contributed by atoms with Crippen LogP contribution in [0.3, 0.4) is 0 Å². The number of ether oxygens (including phenoxy) is 2. The lowest BCUT2D eigenvalue weighted by atomic mass is 9.96. The molecular weight excluding hydrogens is 430 g/mol. The number of carbonyl (C=O) groups is 1. The fraction of sp³-hybridized carbons (Fsp3) is 0.160. The van der Waals surface area contributed by atoms with Crippen LogP contribution in [0.1, 0.15) is 22.0 Å². The number of methoxy groups -OCH3 is 1. The predicted molar refractivity (Wildman–Crippen MR) is 121 cm³/mol. The first-order valence-corrected chi connectivity index (χ1v) is 10.2. The van der Waals surface area contributed by atoms with Gasteiger partial charge >= 0.3 is 0 Å². The number of nitrogens with one attached hydrogen (secondary N) is 2. The summed E-state index contributed by atoms with van der Waals surface area (Å²) in [5.74, 6) is -0.198. The molecule has 0 spiro atoms. The number of aromatic amines is 1. The average molecular weight is 452 g/mol. The van der Waals surface area contributed by atoms with E-state index in [2.05, 4.69) is 10.3 Å². The number of anilines is 1. The highest BCUT2D eigenvalue weighted by molar-refractivity contribution is 6.11. The Balaban J connectivity index is 1.74. The molecule has 170 valence electrons. The fourth-order valence-corrected chi connectivity index (χ4v) is 3.60. The molecule has 0 aliphatic heterocycles. The molecule has 3 N–H and O–H groups in total. The van der Waals surface area contributed by atoms with Crippen molar-refractivity contribution in [1.82, 2.24) is 4.98 Å². The largest absolute Gasteiger partial charge is 0.497 e. The van der Waals surface area contributed by atoms with E-state index < -0.39 is 17.7 Å². The maximum Gasteiger partial charge on any atom is 0.191 e. The Labute approximate surface area is 188 Å². The topological polar surface area (TPSA) is 83.6 Å². The number of carbonyl (C=O) groups excluding carboxylic acids is 1. The standard InChI is InChI=1S/C25H22F2N2O4/c1-32-19-11-18(12-20(13-19)33-9-8-30)29-24(15-2-4-16(26)5-3-15)25(31)22-14-28-23-10-17(27)6-7-21(22)23/h2-7,10-14,24,28-30H,8-9H2,1H3. The molecular formula is C25H22F2N2O4. The molecule has 0 saturated heterocycles. The molecule has 33 heavy (non-hydrogen) atoms. The molecule has 1 unspecified atom stereocenters. The first kappa shape index (κ1) is 22.3. The van der Waals surface area contributed by atoms with E-state index in [4.69, 9.17) is 14.6 Å². The van der Waals surface area contributed by atoms with E-state index in [0.717, 1.165) is 0 Å². The second kappa shape index (κ2) is 9.70. The molecule has 0 saturated carbocycles. The number of H-pyrrole nitrogens is 1. The summed E-state index contributed by atoms with van der Waals surface area (Å²) in [5.41, 5.74) is 1.93. The number of aromatic nitrogens is 1. The normalized spacial score (nSPS) is 11.9. The average Bonchev–Trinajstić information content (AvgIpc) is 3.24. The molecule has 4 aromatic rings. The second-order valence-electron chi connectivity index (χ2n) is 7.35. The van der Waals surface area contributed by atoms with Crippen molar-refractivity contribution in [2.45, 2.75) is 6.04 Å². The van der Waals surface area contributed by atoms with Gasteiger partial charge in [0.15, 0.2) is 5.78 Å². The summed E-state index contributed by atoms with van der Waals surface area (Å²) >= 11 is 0. The Morgan fingerprint density at radius 2 is 1.76 bits per heavy atom. The highest BCUT2D eigenvalue weighted by Gasteiger charge is 2.25. The molecule has 1 aromatic heterocycles. The molecule has 4 rings (SSSR count). The molecule has 0 aliphatic rings. The molecule has 6 nitrogen and oxygen atoms in total. The Hall–Kier alpha value is -3.91. The quantitative estimate of drug-likeness (QED) is 0.316. The van der Waals surface area contributed by atoms with Crippen molar-refractivity contribution < 1.29 is 28.2 Å². The van der Waals surface area contributed by atoms with Gasteiger partial charge in [-0.25, -0.2) is 8.78 Å². The zero-order valence-corrected chi connectivity index (χ0v) is 17.8. The molecule has 1 heterocycles. The van der Waals surface area contributed by atoms with Crippen molar-refractivity contribution >= 4 is 22.4 Å². The van der Waals surface area contributed by atoms with Gasteiger partial charge in [-0.05, 0) is 35.9 Å². The number of hydrogen-bond donors (Lipinski definition) is 3. The maximum atomic E-state index is 13.6. The third-order valence-corrected chi connectivity index (χ3v) is 5.16. The van der Waals surface area contributed by atoms with Gasteiger partial charge in [-0.1, -0.05) is 12.1 Å². The van der Waals surface area contributed by atoms with Crippen LogP contribution in [0, 0.1) is 11.6 Å². The van der Waals surface area contributed by atoms with Crippen LogP contribution >= 0.6 is 0 Å². The summed E-state index contributed by atoms with van der Waals surface area (Å²) in [6.45, 7) is -0.0589. The molecule has 0 aliphatic carbocycles. The van der Waals surface area contributed by atoms with E-state index in [9.17, 15) is 13.6 Å². The van der Waals surface area contributed by atoms with Crippen molar-refractivity contribution in [1.29, 1.82) is 0 Å². The second-order valence-corrected chi connectivity index (χ2v) is 7.35. The van der Waals surface area contributed by atoms with Crippen LogP contribution in [0.25, 0.3) is 10.9 Å². The smallest absolute Gasteiger partial charge is 0.191 e. The Kier molecular flexibility index (Phi) is 6.55. The van der Waals surface area contributed by atoms with Gasteiger partial charge in [0.25, 0.3) is 0 Å². The van der Waals surface area contributed by atoms with Crippen molar-refractivity contribution in [3.05, 3.63) is 89.6 Å². The number of aliphatic hydroxyl groups is 1. The van der Waals surface area contributed by atoms with Crippen molar-refractivity contribution in [3.8, 4) is 11.5 Å². The zero-order valence-electron chi connectivity index (χ0n) is 17.8. The van der Waals surface area contributed by atoms with Crippen LogP contribution in [-0.2, 0) is 0 Å². The van der Waals surface area contributed by atoms with Crippen molar-refractivity contribution in [2.24, 2.45) is 0 Å². The van der Waals surface area contributed by atoms with Crippen LogP contribution in [0.2, 0.25) is 0 Å². The van der Waals surface area contributed by atoms with Gasteiger partial charge in [-0.2, -0.15) is 0 Å². The summed E-state index contributed by atoms with van der Waals surface area (Å²) in [4.78, 5) is 16.6. The highest BCUT2D eigenvalue weighted by atomic mass is 19.1. The molecule has 0 radical (unpaired) electrons. The maximum absolute atomic E-state index is 13.6. The Morgan fingerprint density at radius 3 is 2.48 bits per heavy atom. The number of benzene rings is 3. The van der Waals surface area contributed by atoms with Crippen LogP contribution < -0.4 is 14.8 Å². The van der Waals surface area contributed by atoms with Crippen molar-refractivity contribution in [3.63, 3.8) is 0 Å². The summed E-state index contributed by atoms with van der Waals surface area (Å²) in [7, 11) is 1.50. The number of aliphatic hydroxyl groups excluding tert-OH is 1. The number of halogens is 2. The highest BCUT2D eigenvalue weighted by Crippen LogP contribution is 2.32. The van der Waals surface area contributed by atoms with Gasteiger partial charge in [0.1, 0.15) is 35.8 Å². The van der Waals surface area contributed by atoms with Gasteiger partial charge in [0, 0.05) is 46.5 Å². The minimum Gasteiger partial charge on any atom is -0.497 e. The van der Waals surface area contributed by atoms with Gasteiger partial charge < -0.3 is 24.9 Å². The van der Waals surface area contributed by atoms with Crippen LogP contribution in [0.4, 0.5) is 14.5 Å². The molecule has 3 aromatic carbocycles. The number of hydrogen-bond acceptors (Lipinski definition) is 5. The van der Waals surface area contributed by atoms with Crippen LogP contribution in [0.5, 0.6) is 11.5 Å². The number of rotatable bonds is 9. The molecule has 0 bridgehead atoms. The van der Waals surface area contributed by atoms with Gasteiger partial charge in [-0.15, -0.1) is 0 Å². The van der Waals surface area contributed by atoms with Crippen LogP contribution in [0.15, 0.2) is 66.9 Å². The minimum atomic E-state index is -0.882. The lowest BCUT2D eigenvalue weighted by Crippen LogP contribution is -2.21. The monoisotopic (exact) mass is 452 g/mol. The fourth-order valence-electron chi connectivity index (χ4n) is 3.60. The van der Waals surface area contributed by atoms with E-state index in [0.29, 0.717) is 39.2 Å². The Morgan fingerprint density at radius 1 is 1.03 bits per heavy atom. The third-order valence-electron chi connectivity index (χ3n) is 5.16. The first-order valence-electron chi connectivity index (χ1n) is 10.2. The lowest BCUT2D eigenvalue weighted by molar-refractivity contribution is 0.0971. The summed E-state index contributed by atoms with van der Waals surface area (Å²) in [6.07, 6.45) is 1.53. The lowest BCUT2D eigenvalue weighted by Gasteiger charge is -2.20. The van der Waals surface area contributed by atoms with E-state index in [1.165, 1.54) is 49.7 Å². The molecule has 0 fully saturated rings. The number of Topliss-reactive ketones (excluding diaryl/α,β-unsaturated/α-hetero) is 1. The Bertz CT molecular complexity index is 1270. The molecule has 8 heteroatoms. The van der Waals surface area contributed by atoms with Gasteiger partial charge in [0.2, 0.25) is 0 Å². The van der Waals surface area contributed by atoms with Crippen molar-refractivity contribution in [2.75, 3.05) is 25.6 Å². The van der Waals surface area contributed by atoms with Gasteiger partial charge in [0.05, 0.1) is 13.7 Å². The van der Waals surface area contributed by atoms with Crippen LogP contribution in [-0.4, -0.2) is 36.2 Å². The zero-order chi connectivity index (χ0) is 23.4. The number of ketones is 1. The minimum absolute atomic E-state index is 0.0961. The summed E-state index contributed by atoms with van der Waals surface area (Å²) in [5, 5.41) is 12.8. The number of fused-ring (bicyclic) bond motifs is 1. The SMILES string of the molecule is COc1cc(NC(C(=O)c2c[nH]c3cc(F)ccc23)c2ccc(F)cc2)cc(OCCO)c1. The van der Waals surface area contributed by atoms with E-state index >= 15 is 0 Å². The van der Waals surface area contributed by atoms with E-state index in [-0.39, 0.29) is 19.0 Å². The molecule has 1 atom stereocenters. The summed E-state index contributed by atoms with van der Waals surface area (Å²) in [6, 6.07) is 13.9. The van der Waals surface area contributed by atoms with Gasteiger partial charge in [-0.3, -0.25) is 4.79 Å². The predicted octanol–water partition coefficient (Wildman–Crippen LogP) is 4.86. The summed E-state index contributed by atoms with van der Waals surface area (Å²) < 4.78 is 38.0. The molecule has 0 amide bonds. The van der Waals surface area contributed by atoms with E-state index in [1.54, 1.807) is 24.3 Å².